The SMILES string of the molecule is Cc1cc2c(c(-c3ccc(CN)cc3)c1)OC(CCN)C2. The van der Waals surface area contributed by atoms with E-state index in [-0.39, 0.29) is 6.10 Å². The average Bonchev–Trinajstić information content (AvgIpc) is 2.89. The first-order valence-corrected chi connectivity index (χ1v) is 7.51. The molecule has 0 aliphatic carbocycles. The molecular formula is C18H22N2O. The molecule has 21 heavy (non-hydrogen) atoms. The van der Waals surface area contributed by atoms with Crippen molar-refractivity contribution in [1.82, 2.24) is 0 Å². The molecule has 3 heteroatoms. The fourth-order valence-corrected chi connectivity index (χ4v) is 2.97. The Balaban J connectivity index is 1.99. The molecule has 2 aromatic rings. The fourth-order valence-electron chi connectivity index (χ4n) is 2.97. The number of benzene rings is 2. The summed E-state index contributed by atoms with van der Waals surface area (Å²) in [5.41, 5.74) is 17.4. The lowest BCUT2D eigenvalue weighted by atomic mass is 9.97. The maximum atomic E-state index is 6.14. The number of rotatable bonds is 4. The van der Waals surface area contributed by atoms with Crippen LogP contribution >= 0.6 is 0 Å². The van der Waals surface area contributed by atoms with Crippen molar-refractivity contribution in [3.63, 3.8) is 0 Å². The summed E-state index contributed by atoms with van der Waals surface area (Å²) >= 11 is 0. The van der Waals surface area contributed by atoms with E-state index >= 15 is 0 Å². The number of nitrogens with two attached hydrogens (primary N) is 2. The van der Waals surface area contributed by atoms with Gasteiger partial charge in [0.25, 0.3) is 0 Å². The fraction of sp³-hybridized carbons (Fsp3) is 0.333. The molecule has 1 atom stereocenters. The molecule has 0 radical (unpaired) electrons. The summed E-state index contributed by atoms with van der Waals surface area (Å²) in [6.45, 7) is 3.37. The van der Waals surface area contributed by atoms with Crippen LogP contribution in [-0.4, -0.2) is 12.6 Å². The van der Waals surface area contributed by atoms with Crippen LogP contribution in [0.1, 0.15) is 23.1 Å². The lowest BCUT2D eigenvalue weighted by Crippen LogP contribution is -2.17. The van der Waals surface area contributed by atoms with Crippen LogP contribution in [0.5, 0.6) is 5.75 Å². The molecular weight excluding hydrogens is 260 g/mol. The first kappa shape index (κ1) is 14.1. The number of aryl methyl sites for hydroxylation is 1. The van der Waals surface area contributed by atoms with Crippen LogP contribution in [0.3, 0.4) is 0 Å². The molecule has 0 aromatic heterocycles. The summed E-state index contributed by atoms with van der Waals surface area (Å²) in [6, 6.07) is 12.8. The zero-order chi connectivity index (χ0) is 14.8. The van der Waals surface area contributed by atoms with E-state index in [2.05, 4.69) is 43.3 Å². The number of hydrogen-bond donors (Lipinski definition) is 2. The van der Waals surface area contributed by atoms with Crippen molar-refractivity contribution < 1.29 is 4.74 Å². The second kappa shape index (κ2) is 5.88. The Kier molecular flexibility index (Phi) is 3.95. The Morgan fingerprint density at radius 2 is 1.90 bits per heavy atom. The summed E-state index contributed by atoms with van der Waals surface area (Å²) in [6.07, 6.45) is 2.08. The summed E-state index contributed by atoms with van der Waals surface area (Å²) in [4.78, 5) is 0. The van der Waals surface area contributed by atoms with E-state index in [0.717, 1.165) is 24.2 Å². The van der Waals surface area contributed by atoms with Gasteiger partial charge in [-0.05, 0) is 48.2 Å². The Morgan fingerprint density at radius 3 is 2.57 bits per heavy atom. The van der Waals surface area contributed by atoms with Crippen molar-refractivity contribution in [3.05, 3.63) is 53.1 Å². The Morgan fingerprint density at radius 1 is 1.14 bits per heavy atom. The van der Waals surface area contributed by atoms with Crippen molar-refractivity contribution in [3.8, 4) is 16.9 Å². The molecule has 3 rings (SSSR count). The van der Waals surface area contributed by atoms with Gasteiger partial charge in [0.1, 0.15) is 11.9 Å². The van der Waals surface area contributed by atoms with Crippen LogP contribution in [0.15, 0.2) is 36.4 Å². The Bertz CT molecular complexity index is 634. The second-order valence-electron chi connectivity index (χ2n) is 5.72. The molecule has 0 saturated carbocycles. The highest BCUT2D eigenvalue weighted by molar-refractivity contribution is 5.74. The highest BCUT2D eigenvalue weighted by Gasteiger charge is 2.25. The molecule has 0 saturated heterocycles. The van der Waals surface area contributed by atoms with Gasteiger partial charge in [-0.2, -0.15) is 0 Å². The molecule has 1 heterocycles. The van der Waals surface area contributed by atoms with E-state index in [4.69, 9.17) is 16.2 Å². The van der Waals surface area contributed by atoms with Gasteiger partial charge in [-0.25, -0.2) is 0 Å². The van der Waals surface area contributed by atoms with Crippen molar-refractivity contribution in [2.75, 3.05) is 6.54 Å². The summed E-state index contributed by atoms with van der Waals surface area (Å²) in [7, 11) is 0. The van der Waals surface area contributed by atoms with E-state index in [0.29, 0.717) is 13.1 Å². The van der Waals surface area contributed by atoms with E-state index < -0.39 is 0 Å². The molecule has 0 bridgehead atoms. The van der Waals surface area contributed by atoms with Crippen molar-refractivity contribution in [2.45, 2.75) is 32.4 Å². The van der Waals surface area contributed by atoms with Crippen molar-refractivity contribution in [1.29, 1.82) is 0 Å². The van der Waals surface area contributed by atoms with Gasteiger partial charge in [-0.3, -0.25) is 0 Å². The van der Waals surface area contributed by atoms with Gasteiger partial charge >= 0.3 is 0 Å². The van der Waals surface area contributed by atoms with Gasteiger partial charge in [-0.15, -0.1) is 0 Å². The third-order valence-corrected chi connectivity index (χ3v) is 4.03. The molecule has 0 spiro atoms. The number of hydrogen-bond acceptors (Lipinski definition) is 3. The molecule has 110 valence electrons. The highest BCUT2D eigenvalue weighted by atomic mass is 16.5. The lowest BCUT2D eigenvalue weighted by Gasteiger charge is -2.13. The molecule has 0 amide bonds. The molecule has 1 aliphatic heterocycles. The zero-order valence-corrected chi connectivity index (χ0v) is 12.4. The van der Waals surface area contributed by atoms with Crippen LogP contribution in [0.2, 0.25) is 0 Å². The number of ether oxygens (including phenoxy) is 1. The van der Waals surface area contributed by atoms with E-state index in [1.807, 2.05) is 0 Å². The Labute approximate surface area is 125 Å². The highest BCUT2D eigenvalue weighted by Crippen LogP contribution is 2.40. The topological polar surface area (TPSA) is 61.3 Å². The Hall–Kier alpha value is -1.84. The van der Waals surface area contributed by atoms with Crippen LogP contribution in [0, 0.1) is 6.92 Å². The molecule has 4 N–H and O–H groups in total. The summed E-state index contributed by atoms with van der Waals surface area (Å²) in [5.74, 6) is 1.03. The maximum Gasteiger partial charge on any atom is 0.130 e. The van der Waals surface area contributed by atoms with Crippen LogP contribution in [0.25, 0.3) is 11.1 Å². The van der Waals surface area contributed by atoms with Crippen LogP contribution < -0.4 is 16.2 Å². The van der Waals surface area contributed by atoms with Gasteiger partial charge in [-0.1, -0.05) is 30.3 Å². The number of fused-ring (bicyclic) bond motifs is 1. The third-order valence-electron chi connectivity index (χ3n) is 4.03. The van der Waals surface area contributed by atoms with E-state index in [1.54, 1.807) is 0 Å². The maximum absolute atomic E-state index is 6.14. The minimum absolute atomic E-state index is 0.217. The van der Waals surface area contributed by atoms with Gasteiger partial charge in [0.15, 0.2) is 0 Å². The molecule has 2 aromatic carbocycles. The van der Waals surface area contributed by atoms with Crippen molar-refractivity contribution in [2.24, 2.45) is 11.5 Å². The van der Waals surface area contributed by atoms with E-state index in [1.165, 1.54) is 22.3 Å². The smallest absolute Gasteiger partial charge is 0.130 e. The lowest BCUT2D eigenvalue weighted by molar-refractivity contribution is 0.225. The van der Waals surface area contributed by atoms with Gasteiger partial charge in [0.2, 0.25) is 0 Å². The van der Waals surface area contributed by atoms with E-state index in [9.17, 15) is 0 Å². The predicted octanol–water partition coefficient (Wildman–Crippen LogP) is 2.77. The van der Waals surface area contributed by atoms with Gasteiger partial charge < -0.3 is 16.2 Å². The van der Waals surface area contributed by atoms with Gasteiger partial charge in [0.05, 0.1) is 0 Å². The zero-order valence-electron chi connectivity index (χ0n) is 12.4. The first-order valence-electron chi connectivity index (χ1n) is 7.51. The van der Waals surface area contributed by atoms with Gasteiger partial charge in [0, 0.05) is 18.5 Å². The minimum atomic E-state index is 0.217. The quantitative estimate of drug-likeness (QED) is 0.906. The largest absolute Gasteiger partial charge is 0.489 e. The molecule has 1 unspecified atom stereocenters. The van der Waals surface area contributed by atoms with Crippen molar-refractivity contribution >= 4 is 0 Å². The monoisotopic (exact) mass is 282 g/mol. The van der Waals surface area contributed by atoms with Crippen LogP contribution in [-0.2, 0) is 13.0 Å². The molecule has 1 aliphatic rings. The molecule has 0 fully saturated rings. The normalized spacial score (nSPS) is 16.6. The standard InChI is InChI=1S/C18H22N2O/c1-12-8-15-10-16(6-7-19)21-18(15)17(9-12)14-4-2-13(11-20)3-5-14/h2-5,8-9,16H,6-7,10-11,19-20H2,1H3. The van der Waals surface area contributed by atoms with Crippen LogP contribution in [0.4, 0.5) is 0 Å². The second-order valence-corrected chi connectivity index (χ2v) is 5.72. The third kappa shape index (κ3) is 2.80. The summed E-state index contributed by atoms with van der Waals surface area (Å²) < 4.78 is 6.14. The minimum Gasteiger partial charge on any atom is -0.489 e. The predicted molar refractivity (Wildman–Crippen MR) is 86.3 cm³/mol. The average molecular weight is 282 g/mol. The molecule has 3 nitrogen and oxygen atoms in total. The summed E-state index contributed by atoms with van der Waals surface area (Å²) in [5, 5.41) is 0. The first-order chi connectivity index (χ1) is 10.2.